The van der Waals surface area contributed by atoms with Crippen molar-refractivity contribution in [2.24, 2.45) is 0 Å². The number of nitrogens with zero attached hydrogens (tertiary/aromatic N) is 1. The summed E-state index contributed by atoms with van der Waals surface area (Å²) in [6, 6.07) is 4.37. The van der Waals surface area contributed by atoms with Gasteiger partial charge in [-0.2, -0.15) is 18.3 Å². The van der Waals surface area contributed by atoms with Crippen LogP contribution >= 0.6 is 0 Å². The largest absolute Gasteiger partial charge is 0.491 e. The van der Waals surface area contributed by atoms with E-state index in [2.05, 4.69) is 15.5 Å². The monoisotopic (exact) mass is 343 g/mol. The normalized spacial score (nSPS) is 14.4. The first-order valence-corrected chi connectivity index (χ1v) is 7.48. The van der Waals surface area contributed by atoms with Crippen LogP contribution in [0.4, 0.5) is 13.2 Å². The van der Waals surface area contributed by atoms with E-state index in [0.29, 0.717) is 0 Å². The number of aliphatic hydroxyl groups excluding tert-OH is 1. The van der Waals surface area contributed by atoms with Crippen LogP contribution in [0.3, 0.4) is 0 Å². The van der Waals surface area contributed by atoms with Crippen molar-refractivity contribution in [1.29, 1.82) is 0 Å². The number of aliphatic hydroxyl groups is 1. The summed E-state index contributed by atoms with van der Waals surface area (Å²) < 4.78 is 42.7. The lowest BCUT2D eigenvalue weighted by molar-refractivity contribution is -0.137. The van der Waals surface area contributed by atoms with Crippen LogP contribution in [0.2, 0.25) is 0 Å². The average Bonchev–Trinajstić information content (AvgIpc) is 2.96. The fraction of sp³-hybridized carbons (Fsp3) is 0.438. The number of ether oxygens (including phenoxy) is 1. The zero-order chi connectivity index (χ0) is 17.7. The molecule has 2 rings (SSSR count). The van der Waals surface area contributed by atoms with Crippen LogP contribution in [-0.2, 0) is 6.18 Å². The number of hydrogen-bond donors (Lipinski definition) is 3. The molecule has 0 saturated carbocycles. The van der Waals surface area contributed by atoms with Gasteiger partial charge >= 0.3 is 6.18 Å². The van der Waals surface area contributed by atoms with Crippen molar-refractivity contribution < 1.29 is 23.0 Å². The molecule has 0 fully saturated rings. The van der Waals surface area contributed by atoms with Crippen LogP contribution < -0.4 is 10.1 Å². The number of aromatic nitrogens is 2. The van der Waals surface area contributed by atoms with E-state index in [4.69, 9.17) is 4.74 Å². The van der Waals surface area contributed by atoms with Gasteiger partial charge < -0.3 is 15.2 Å². The summed E-state index contributed by atoms with van der Waals surface area (Å²) in [4.78, 5) is 0. The number of halogens is 3. The van der Waals surface area contributed by atoms with E-state index < -0.39 is 17.8 Å². The second-order valence-electron chi connectivity index (χ2n) is 5.57. The van der Waals surface area contributed by atoms with E-state index in [-0.39, 0.29) is 24.9 Å². The fourth-order valence-corrected chi connectivity index (χ4v) is 2.21. The number of nitrogens with one attached hydrogen (secondary N) is 2. The molecule has 0 radical (unpaired) electrons. The predicted octanol–water partition coefficient (Wildman–Crippen LogP) is 2.83. The summed E-state index contributed by atoms with van der Waals surface area (Å²) in [7, 11) is 0. The molecule has 1 heterocycles. The standard InChI is InChI=1S/C16H20F3N3O2/c1-10(15-8-21-22-11(15)2)20-7-13(23)9-24-14-5-3-12(4-6-14)16(17,18)19/h3-6,8,10,13,20,23H,7,9H2,1-2H3,(H,21,22). The summed E-state index contributed by atoms with van der Waals surface area (Å²) in [6.07, 6.45) is -3.44. The van der Waals surface area contributed by atoms with Crippen LogP contribution in [-0.4, -0.2) is 34.6 Å². The Labute approximate surface area is 137 Å². The smallest absolute Gasteiger partial charge is 0.416 e. The van der Waals surface area contributed by atoms with E-state index in [1.54, 1.807) is 6.20 Å². The predicted molar refractivity (Wildman–Crippen MR) is 82.7 cm³/mol. The topological polar surface area (TPSA) is 70.2 Å². The highest BCUT2D eigenvalue weighted by molar-refractivity contribution is 5.28. The lowest BCUT2D eigenvalue weighted by Crippen LogP contribution is -2.33. The van der Waals surface area contributed by atoms with Crippen LogP contribution in [0.25, 0.3) is 0 Å². The summed E-state index contributed by atoms with van der Waals surface area (Å²) in [5, 5.41) is 19.9. The minimum Gasteiger partial charge on any atom is -0.491 e. The Morgan fingerprint density at radius 2 is 1.96 bits per heavy atom. The highest BCUT2D eigenvalue weighted by Gasteiger charge is 2.30. The van der Waals surface area contributed by atoms with Crippen LogP contribution in [0, 0.1) is 6.92 Å². The molecule has 1 aromatic carbocycles. The lowest BCUT2D eigenvalue weighted by Gasteiger charge is -2.17. The minimum absolute atomic E-state index is 0.00414. The molecular formula is C16H20F3N3O2. The van der Waals surface area contributed by atoms with Gasteiger partial charge in [0.15, 0.2) is 0 Å². The second-order valence-corrected chi connectivity index (χ2v) is 5.57. The number of H-pyrrole nitrogens is 1. The molecule has 2 unspecified atom stereocenters. The molecule has 132 valence electrons. The third-order valence-corrected chi connectivity index (χ3v) is 3.62. The van der Waals surface area contributed by atoms with Crippen molar-refractivity contribution in [3.63, 3.8) is 0 Å². The zero-order valence-corrected chi connectivity index (χ0v) is 13.4. The summed E-state index contributed by atoms with van der Waals surface area (Å²) in [6.45, 7) is 4.12. The molecule has 2 atom stereocenters. The van der Waals surface area contributed by atoms with Crippen molar-refractivity contribution in [3.05, 3.63) is 47.3 Å². The average molecular weight is 343 g/mol. The highest BCUT2D eigenvalue weighted by atomic mass is 19.4. The third kappa shape index (κ3) is 4.97. The molecule has 3 N–H and O–H groups in total. The molecule has 24 heavy (non-hydrogen) atoms. The summed E-state index contributed by atoms with van der Waals surface area (Å²) >= 11 is 0. The first kappa shape index (κ1) is 18.3. The van der Waals surface area contributed by atoms with Gasteiger partial charge in [0.1, 0.15) is 18.5 Å². The number of aryl methyl sites for hydroxylation is 1. The fourth-order valence-electron chi connectivity index (χ4n) is 2.21. The molecule has 0 saturated heterocycles. The molecule has 2 aromatic rings. The molecule has 0 aliphatic rings. The molecule has 0 bridgehead atoms. The van der Waals surface area contributed by atoms with E-state index in [9.17, 15) is 18.3 Å². The van der Waals surface area contributed by atoms with E-state index in [1.165, 1.54) is 12.1 Å². The Morgan fingerprint density at radius 1 is 1.29 bits per heavy atom. The first-order chi connectivity index (χ1) is 11.3. The zero-order valence-electron chi connectivity index (χ0n) is 13.4. The number of hydrogen-bond acceptors (Lipinski definition) is 4. The number of benzene rings is 1. The van der Waals surface area contributed by atoms with Gasteiger partial charge in [-0.15, -0.1) is 0 Å². The molecule has 0 aliphatic carbocycles. The van der Waals surface area contributed by atoms with Crippen molar-refractivity contribution in [2.75, 3.05) is 13.2 Å². The number of alkyl halides is 3. The Hall–Kier alpha value is -2.06. The summed E-state index contributed by atoms with van der Waals surface area (Å²) in [5.74, 6) is 0.278. The van der Waals surface area contributed by atoms with Gasteiger partial charge in [0.05, 0.1) is 11.8 Å². The quantitative estimate of drug-likeness (QED) is 0.723. The van der Waals surface area contributed by atoms with Crippen LogP contribution in [0.15, 0.2) is 30.5 Å². The second kappa shape index (κ2) is 7.67. The molecule has 5 nitrogen and oxygen atoms in total. The minimum atomic E-state index is -4.37. The van der Waals surface area contributed by atoms with Gasteiger partial charge in [-0.1, -0.05) is 0 Å². The van der Waals surface area contributed by atoms with Crippen LogP contribution in [0.5, 0.6) is 5.75 Å². The Kier molecular flexibility index (Phi) is 5.84. The number of aromatic amines is 1. The molecule has 0 spiro atoms. The van der Waals surface area contributed by atoms with E-state index >= 15 is 0 Å². The molecule has 0 aliphatic heterocycles. The number of rotatable bonds is 7. The highest BCUT2D eigenvalue weighted by Crippen LogP contribution is 2.30. The molecule has 1 aromatic heterocycles. The van der Waals surface area contributed by atoms with Gasteiger partial charge in [0, 0.05) is 23.8 Å². The van der Waals surface area contributed by atoms with Gasteiger partial charge in [-0.05, 0) is 38.1 Å². The van der Waals surface area contributed by atoms with Crippen LogP contribution in [0.1, 0.15) is 29.8 Å². The molecule has 0 amide bonds. The maximum Gasteiger partial charge on any atom is 0.416 e. The van der Waals surface area contributed by atoms with Gasteiger partial charge in [-0.3, -0.25) is 5.10 Å². The maximum atomic E-state index is 12.5. The molecular weight excluding hydrogens is 323 g/mol. The third-order valence-electron chi connectivity index (χ3n) is 3.62. The van der Waals surface area contributed by atoms with Gasteiger partial charge in [0.2, 0.25) is 0 Å². The maximum absolute atomic E-state index is 12.5. The van der Waals surface area contributed by atoms with Gasteiger partial charge in [-0.25, -0.2) is 0 Å². The summed E-state index contributed by atoms with van der Waals surface area (Å²) in [5.41, 5.74) is 1.22. The first-order valence-electron chi connectivity index (χ1n) is 7.48. The van der Waals surface area contributed by atoms with E-state index in [0.717, 1.165) is 23.4 Å². The van der Waals surface area contributed by atoms with Crippen molar-refractivity contribution in [3.8, 4) is 5.75 Å². The Morgan fingerprint density at radius 3 is 2.50 bits per heavy atom. The SMILES string of the molecule is Cc1[nH]ncc1C(C)NCC(O)COc1ccc(C(F)(F)F)cc1. The Balaban J connectivity index is 1.77. The van der Waals surface area contributed by atoms with Crippen molar-refractivity contribution in [1.82, 2.24) is 15.5 Å². The lowest BCUT2D eigenvalue weighted by atomic mass is 10.1. The van der Waals surface area contributed by atoms with Crippen molar-refractivity contribution in [2.45, 2.75) is 32.2 Å². The Bertz CT molecular complexity index is 641. The molecule has 8 heteroatoms. The van der Waals surface area contributed by atoms with E-state index in [1.807, 2.05) is 13.8 Å². The van der Waals surface area contributed by atoms with Gasteiger partial charge in [0.25, 0.3) is 0 Å². The van der Waals surface area contributed by atoms with Crippen molar-refractivity contribution >= 4 is 0 Å².